The van der Waals surface area contributed by atoms with Crippen LogP contribution in [0.3, 0.4) is 0 Å². The Kier molecular flexibility index (Phi) is 8.87. The van der Waals surface area contributed by atoms with Crippen molar-refractivity contribution in [1.29, 1.82) is 0 Å². The summed E-state index contributed by atoms with van der Waals surface area (Å²) in [6.07, 6.45) is 0. The number of hydrogen-bond donors (Lipinski definition) is 0. The molecule has 0 aromatic heterocycles. The zero-order valence-electron chi connectivity index (χ0n) is 14.0. The molecule has 0 saturated heterocycles. The van der Waals surface area contributed by atoms with Crippen LogP contribution in [-0.4, -0.2) is 0 Å². The lowest BCUT2D eigenvalue weighted by Gasteiger charge is -2.21. The first-order chi connectivity index (χ1) is 13.6. The average molecular weight is 816 g/mol. The lowest BCUT2D eigenvalue weighted by molar-refractivity contribution is 0.406. The van der Waals surface area contributed by atoms with Crippen LogP contribution in [0.5, 0.6) is 11.5 Å². The predicted molar refractivity (Wildman–Crippen MR) is 140 cm³/mol. The maximum absolute atomic E-state index is 13.9. The summed E-state index contributed by atoms with van der Waals surface area (Å²) >= 11 is 21.6. The van der Waals surface area contributed by atoms with Gasteiger partial charge in [0.15, 0.2) is 0 Å². The average Bonchev–Trinajstić information content (AvgIpc) is 2.63. The SMILES string of the molecule is O=P(Oc1ccc(Br)cc1Br)(Oc1ccc(Br)cc1Br)Sc1ccc(Br)cc1Br. The van der Waals surface area contributed by atoms with E-state index in [0.717, 1.165) is 34.2 Å². The molecule has 0 spiro atoms. The molecule has 3 nitrogen and oxygen atoms in total. The van der Waals surface area contributed by atoms with E-state index >= 15 is 0 Å². The Bertz CT molecular complexity index is 974. The second kappa shape index (κ2) is 10.6. The number of hydrogen-bond acceptors (Lipinski definition) is 4. The van der Waals surface area contributed by atoms with Crippen LogP contribution in [-0.2, 0) is 4.57 Å². The predicted octanol–water partition coefficient (Wildman–Crippen LogP) is 10.6. The van der Waals surface area contributed by atoms with Gasteiger partial charge in [-0.25, -0.2) is 4.57 Å². The fraction of sp³-hybridized carbons (Fsp3) is 0. The van der Waals surface area contributed by atoms with Gasteiger partial charge in [0.05, 0.1) is 8.95 Å². The Labute approximate surface area is 222 Å². The largest absolute Gasteiger partial charge is 0.497 e. The van der Waals surface area contributed by atoms with Crippen LogP contribution < -0.4 is 9.05 Å². The van der Waals surface area contributed by atoms with Crippen molar-refractivity contribution in [2.24, 2.45) is 0 Å². The van der Waals surface area contributed by atoms with Gasteiger partial charge in [-0.2, -0.15) is 0 Å². The van der Waals surface area contributed by atoms with Crippen molar-refractivity contribution in [3.63, 3.8) is 0 Å². The summed E-state index contributed by atoms with van der Waals surface area (Å²) in [5.74, 6) is 0.816. The molecule has 3 aromatic rings. The Morgan fingerprint density at radius 1 is 0.621 bits per heavy atom. The van der Waals surface area contributed by atoms with Crippen molar-refractivity contribution >= 4 is 114 Å². The summed E-state index contributed by atoms with van der Waals surface area (Å²) in [4.78, 5) is 0.720. The van der Waals surface area contributed by atoms with E-state index in [-0.39, 0.29) is 0 Å². The van der Waals surface area contributed by atoms with E-state index in [0.29, 0.717) is 20.4 Å². The molecule has 0 amide bonds. The van der Waals surface area contributed by atoms with Crippen LogP contribution >= 0.6 is 114 Å². The third-order valence-corrected chi connectivity index (χ3v) is 10.3. The number of halogens is 6. The van der Waals surface area contributed by atoms with E-state index in [1.165, 1.54) is 0 Å². The van der Waals surface area contributed by atoms with Crippen LogP contribution in [0.2, 0.25) is 0 Å². The van der Waals surface area contributed by atoms with E-state index in [1.54, 1.807) is 24.3 Å². The van der Waals surface area contributed by atoms with Gasteiger partial charge in [0.1, 0.15) is 11.5 Å². The molecule has 0 saturated carbocycles. The fourth-order valence-corrected chi connectivity index (χ4v) is 9.57. The highest BCUT2D eigenvalue weighted by Gasteiger charge is 2.33. The van der Waals surface area contributed by atoms with Crippen molar-refractivity contribution in [2.75, 3.05) is 0 Å². The first-order valence-corrected chi connectivity index (χ1v) is 15.4. The smallest absolute Gasteiger partial charge is 0.407 e. The van der Waals surface area contributed by atoms with Gasteiger partial charge < -0.3 is 9.05 Å². The Hall–Kier alpha value is 0.720. The normalized spacial score (nSPS) is 11.4. The van der Waals surface area contributed by atoms with Crippen LogP contribution in [0.15, 0.2) is 86.3 Å². The first kappa shape index (κ1) is 24.4. The molecule has 29 heavy (non-hydrogen) atoms. The van der Waals surface area contributed by atoms with Gasteiger partial charge in [0, 0.05) is 34.2 Å². The van der Waals surface area contributed by atoms with Gasteiger partial charge in [-0.15, -0.1) is 0 Å². The summed E-state index contributed by atoms with van der Waals surface area (Å²) in [6, 6.07) is 16.3. The fourth-order valence-electron chi connectivity index (χ4n) is 2.06. The monoisotopic (exact) mass is 810 g/mol. The molecule has 0 atom stereocenters. The lowest BCUT2D eigenvalue weighted by atomic mass is 10.3. The van der Waals surface area contributed by atoms with Crippen molar-refractivity contribution in [3.8, 4) is 11.5 Å². The molecule has 152 valence electrons. The van der Waals surface area contributed by atoms with E-state index < -0.39 is 6.80 Å². The Morgan fingerprint density at radius 3 is 1.45 bits per heavy atom. The first-order valence-electron chi connectivity index (χ1n) is 7.69. The molecule has 0 aliphatic carbocycles. The lowest BCUT2D eigenvalue weighted by Crippen LogP contribution is -1.99. The van der Waals surface area contributed by atoms with Gasteiger partial charge in [-0.1, -0.05) is 47.8 Å². The molecule has 0 aliphatic heterocycles. The molecule has 0 fully saturated rings. The summed E-state index contributed by atoms with van der Waals surface area (Å²) in [7, 11) is 0. The number of rotatable bonds is 6. The van der Waals surface area contributed by atoms with Gasteiger partial charge in [-0.05, 0) is 102 Å². The van der Waals surface area contributed by atoms with Crippen LogP contribution in [0, 0.1) is 0 Å². The third-order valence-electron chi connectivity index (χ3n) is 3.31. The molecule has 3 aromatic carbocycles. The minimum absolute atomic E-state index is 0.408. The van der Waals surface area contributed by atoms with Crippen molar-refractivity contribution < 1.29 is 13.6 Å². The maximum atomic E-state index is 13.9. The zero-order chi connectivity index (χ0) is 21.2. The van der Waals surface area contributed by atoms with Gasteiger partial charge >= 0.3 is 6.80 Å². The van der Waals surface area contributed by atoms with Crippen molar-refractivity contribution in [2.45, 2.75) is 4.90 Å². The van der Waals surface area contributed by atoms with Gasteiger partial charge in [0.25, 0.3) is 0 Å². The van der Waals surface area contributed by atoms with Crippen molar-refractivity contribution in [3.05, 3.63) is 81.4 Å². The molecular formula is C18H9Br6O3PS. The highest BCUT2D eigenvalue weighted by Crippen LogP contribution is 2.64. The molecule has 0 unspecified atom stereocenters. The van der Waals surface area contributed by atoms with E-state index in [2.05, 4.69) is 95.6 Å². The van der Waals surface area contributed by atoms with Gasteiger partial charge in [0.2, 0.25) is 0 Å². The highest BCUT2D eigenvalue weighted by atomic mass is 79.9. The minimum atomic E-state index is -3.73. The topological polar surface area (TPSA) is 35.5 Å². The van der Waals surface area contributed by atoms with E-state index in [1.807, 2.05) is 30.3 Å². The summed E-state index contributed by atoms with van der Waals surface area (Å²) in [5.41, 5.74) is 0. The highest BCUT2D eigenvalue weighted by molar-refractivity contribution is 9.11. The third kappa shape index (κ3) is 6.85. The van der Waals surface area contributed by atoms with Crippen LogP contribution in [0.25, 0.3) is 0 Å². The summed E-state index contributed by atoms with van der Waals surface area (Å²) < 4.78 is 30.4. The molecule has 3 rings (SSSR count). The second-order valence-electron chi connectivity index (χ2n) is 5.45. The molecule has 0 radical (unpaired) electrons. The Morgan fingerprint density at radius 2 is 1.03 bits per heavy atom. The van der Waals surface area contributed by atoms with Gasteiger partial charge in [-0.3, -0.25) is 0 Å². The summed E-state index contributed by atoms with van der Waals surface area (Å²) in [5, 5.41) is 0. The maximum Gasteiger partial charge on any atom is 0.497 e. The molecule has 0 heterocycles. The van der Waals surface area contributed by atoms with E-state index in [9.17, 15) is 4.57 Å². The molecule has 11 heteroatoms. The zero-order valence-corrected chi connectivity index (χ0v) is 25.3. The minimum Gasteiger partial charge on any atom is -0.407 e. The summed E-state index contributed by atoms with van der Waals surface area (Å²) in [6.45, 7) is -3.73. The Balaban J connectivity index is 2.00. The molecular weight excluding hydrogens is 807 g/mol. The van der Waals surface area contributed by atoms with Crippen molar-refractivity contribution in [1.82, 2.24) is 0 Å². The van der Waals surface area contributed by atoms with E-state index in [4.69, 9.17) is 9.05 Å². The van der Waals surface area contributed by atoms with Crippen LogP contribution in [0.4, 0.5) is 0 Å². The molecule has 0 N–H and O–H groups in total. The number of benzene rings is 3. The quantitative estimate of drug-likeness (QED) is 0.232. The molecule has 0 aliphatic rings. The van der Waals surface area contributed by atoms with Crippen LogP contribution in [0.1, 0.15) is 0 Å². The molecule has 0 bridgehead atoms. The standard InChI is InChI=1S/C18H9Br6O3PS/c19-10-1-4-16(13(22)7-10)26-28(25,27-17-5-2-11(20)8-14(17)23)29-18-6-3-12(21)9-15(18)24/h1-9H. The second-order valence-corrected chi connectivity index (χ2v) is 14.5.